The lowest BCUT2D eigenvalue weighted by Crippen LogP contribution is -2.07. The van der Waals surface area contributed by atoms with Gasteiger partial charge >= 0.3 is 0 Å². The fourth-order valence-electron chi connectivity index (χ4n) is 3.14. The first-order valence-electron chi connectivity index (χ1n) is 8.30. The van der Waals surface area contributed by atoms with Gasteiger partial charge in [-0.05, 0) is 25.0 Å². The number of nitrogens with one attached hydrogen (secondary N) is 1. The van der Waals surface area contributed by atoms with E-state index in [-0.39, 0.29) is 0 Å². The van der Waals surface area contributed by atoms with Crippen LogP contribution >= 0.6 is 0 Å². The molecule has 120 valence electrons. The minimum atomic E-state index is 0.912. The monoisotopic (exact) mass is 316 g/mol. The molecular weight excluding hydrogens is 296 g/mol. The van der Waals surface area contributed by atoms with E-state index in [9.17, 15) is 0 Å². The van der Waals surface area contributed by atoms with Gasteiger partial charge < -0.3 is 9.88 Å². The Hall–Kier alpha value is -2.88. The van der Waals surface area contributed by atoms with Crippen LogP contribution in [0, 0.1) is 6.92 Å². The molecule has 2 aromatic carbocycles. The number of aryl methyl sites for hydroxylation is 2. The van der Waals surface area contributed by atoms with Gasteiger partial charge in [-0.15, -0.1) is 0 Å². The average Bonchev–Trinajstić information content (AvgIpc) is 3.12. The molecule has 4 rings (SSSR count). The maximum atomic E-state index is 4.85. The van der Waals surface area contributed by atoms with Crippen molar-refractivity contribution in [3.63, 3.8) is 0 Å². The van der Waals surface area contributed by atoms with Crippen molar-refractivity contribution in [3.05, 3.63) is 66.7 Å². The summed E-state index contributed by atoms with van der Waals surface area (Å²) in [7, 11) is 0. The molecule has 4 heteroatoms. The molecule has 1 N–H and O–H groups in total. The van der Waals surface area contributed by atoms with Gasteiger partial charge in [-0.2, -0.15) is 0 Å². The predicted molar refractivity (Wildman–Crippen MR) is 99.3 cm³/mol. The molecule has 0 aliphatic rings. The molecule has 0 radical (unpaired) electrons. The standard InChI is InChI=1S/C20H20N4/c1-15-6-4-8-17-19(15)23-18-9-3-2-7-16(18)20(17)22-10-5-12-24-13-11-21-14-24/h2-4,6-9,11,13-14H,5,10,12H2,1H3,(H,22,23). The third-order valence-corrected chi connectivity index (χ3v) is 4.37. The largest absolute Gasteiger partial charge is 0.384 e. The first-order chi connectivity index (χ1) is 11.8. The van der Waals surface area contributed by atoms with E-state index in [4.69, 9.17) is 4.98 Å². The first-order valence-corrected chi connectivity index (χ1v) is 8.30. The van der Waals surface area contributed by atoms with E-state index < -0.39 is 0 Å². The fraction of sp³-hybridized carbons (Fsp3) is 0.200. The summed E-state index contributed by atoms with van der Waals surface area (Å²) in [5.74, 6) is 0. The van der Waals surface area contributed by atoms with E-state index in [0.717, 1.165) is 30.5 Å². The van der Waals surface area contributed by atoms with Gasteiger partial charge in [0.15, 0.2) is 0 Å². The molecule has 2 heterocycles. The molecule has 0 amide bonds. The van der Waals surface area contributed by atoms with Crippen molar-refractivity contribution in [1.82, 2.24) is 14.5 Å². The van der Waals surface area contributed by atoms with E-state index in [1.165, 1.54) is 22.0 Å². The number of hydrogen-bond acceptors (Lipinski definition) is 3. The highest BCUT2D eigenvalue weighted by molar-refractivity contribution is 6.08. The molecule has 2 aromatic heterocycles. The summed E-state index contributed by atoms with van der Waals surface area (Å²) in [6.07, 6.45) is 6.72. The van der Waals surface area contributed by atoms with Gasteiger partial charge in [0, 0.05) is 36.3 Å². The Bertz CT molecular complexity index is 974. The van der Waals surface area contributed by atoms with E-state index in [2.05, 4.69) is 58.2 Å². The third-order valence-electron chi connectivity index (χ3n) is 4.37. The summed E-state index contributed by atoms with van der Waals surface area (Å²) in [5.41, 5.74) is 4.51. The molecular formula is C20H20N4. The highest BCUT2D eigenvalue weighted by Crippen LogP contribution is 2.31. The van der Waals surface area contributed by atoms with Gasteiger partial charge in [0.2, 0.25) is 0 Å². The molecule has 0 aliphatic heterocycles. The van der Waals surface area contributed by atoms with Crippen LogP contribution in [0.2, 0.25) is 0 Å². The number of fused-ring (bicyclic) bond motifs is 2. The lowest BCUT2D eigenvalue weighted by molar-refractivity contribution is 0.661. The minimum Gasteiger partial charge on any atom is -0.384 e. The van der Waals surface area contributed by atoms with E-state index in [1.807, 2.05) is 24.8 Å². The molecule has 0 bridgehead atoms. The van der Waals surface area contributed by atoms with Crippen LogP contribution < -0.4 is 5.32 Å². The number of pyridine rings is 1. The lowest BCUT2D eigenvalue weighted by Gasteiger charge is -2.14. The zero-order valence-corrected chi connectivity index (χ0v) is 13.7. The van der Waals surface area contributed by atoms with Crippen molar-refractivity contribution in [1.29, 1.82) is 0 Å². The predicted octanol–water partition coefficient (Wildman–Crippen LogP) is 4.40. The summed E-state index contributed by atoms with van der Waals surface area (Å²) in [5, 5.41) is 6.02. The second kappa shape index (κ2) is 6.32. The zero-order chi connectivity index (χ0) is 16.4. The molecule has 4 nitrogen and oxygen atoms in total. The number of rotatable bonds is 5. The number of anilines is 1. The molecule has 4 aromatic rings. The van der Waals surface area contributed by atoms with Crippen LogP contribution in [0.3, 0.4) is 0 Å². The molecule has 0 fully saturated rings. The molecule has 24 heavy (non-hydrogen) atoms. The van der Waals surface area contributed by atoms with Crippen molar-refractivity contribution < 1.29 is 0 Å². The van der Waals surface area contributed by atoms with E-state index in [1.54, 1.807) is 0 Å². The Labute approximate surface area is 141 Å². The Morgan fingerprint density at radius 2 is 1.92 bits per heavy atom. The quantitative estimate of drug-likeness (QED) is 0.438. The van der Waals surface area contributed by atoms with Crippen LogP contribution in [0.25, 0.3) is 21.8 Å². The van der Waals surface area contributed by atoms with Crippen molar-refractivity contribution in [2.24, 2.45) is 0 Å². The van der Waals surface area contributed by atoms with Gasteiger partial charge in [0.05, 0.1) is 23.0 Å². The molecule has 0 spiro atoms. The number of para-hydroxylation sites is 2. The van der Waals surface area contributed by atoms with Crippen molar-refractivity contribution >= 4 is 27.5 Å². The third kappa shape index (κ3) is 2.71. The summed E-state index contributed by atoms with van der Waals surface area (Å²) in [4.78, 5) is 8.94. The highest BCUT2D eigenvalue weighted by Gasteiger charge is 2.09. The van der Waals surface area contributed by atoms with E-state index >= 15 is 0 Å². The van der Waals surface area contributed by atoms with Crippen LogP contribution in [0.1, 0.15) is 12.0 Å². The van der Waals surface area contributed by atoms with Crippen LogP contribution in [-0.2, 0) is 6.54 Å². The molecule has 0 aliphatic carbocycles. The number of imidazole rings is 1. The maximum absolute atomic E-state index is 4.85. The summed E-state index contributed by atoms with van der Waals surface area (Å²) >= 11 is 0. The number of benzene rings is 2. The normalized spacial score (nSPS) is 11.2. The Balaban J connectivity index is 1.67. The number of nitrogens with zero attached hydrogens (tertiary/aromatic N) is 3. The average molecular weight is 316 g/mol. The Kier molecular flexibility index (Phi) is 3.87. The number of aromatic nitrogens is 3. The topological polar surface area (TPSA) is 42.7 Å². The second-order valence-electron chi connectivity index (χ2n) is 6.06. The Morgan fingerprint density at radius 3 is 2.79 bits per heavy atom. The second-order valence-corrected chi connectivity index (χ2v) is 6.06. The van der Waals surface area contributed by atoms with E-state index in [0.29, 0.717) is 0 Å². The lowest BCUT2D eigenvalue weighted by atomic mass is 10.0. The molecule has 0 atom stereocenters. The zero-order valence-electron chi connectivity index (χ0n) is 13.7. The van der Waals surface area contributed by atoms with Crippen LogP contribution in [0.5, 0.6) is 0 Å². The summed E-state index contributed by atoms with van der Waals surface area (Å²) in [6, 6.07) is 14.7. The number of hydrogen-bond donors (Lipinski definition) is 1. The first kappa shape index (κ1) is 14.7. The smallest absolute Gasteiger partial charge is 0.0945 e. The molecule has 0 unspecified atom stereocenters. The van der Waals surface area contributed by atoms with Crippen molar-refractivity contribution in [2.75, 3.05) is 11.9 Å². The highest BCUT2D eigenvalue weighted by atomic mass is 15.0. The van der Waals surface area contributed by atoms with Crippen molar-refractivity contribution in [3.8, 4) is 0 Å². The minimum absolute atomic E-state index is 0.912. The van der Waals surface area contributed by atoms with Crippen LogP contribution in [0.4, 0.5) is 5.69 Å². The summed E-state index contributed by atoms with van der Waals surface area (Å²) in [6.45, 7) is 4.00. The fourth-order valence-corrected chi connectivity index (χ4v) is 3.14. The van der Waals surface area contributed by atoms with Gasteiger partial charge in [-0.25, -0.2) is 9.97 Å². The molecule has 0 saturated carbocycles. The maximum Gasteiger partial charge on any atom is 0.0945 e. The van der Waals surface area contributed by atoms with Crippen LogP contribution in [0.15, 0.2) is 61.2 Å². The van der Waals surface area contributed by atoms with Gasteiger partial charge in [-0.1, -0.05) is 36.4 Å². The SMILES string of the molecule is Cc1cccc2c(NCCCn3ccnc3)c3ccccc3nc12. The Morgan fingerprint density at radius 1 is 1.04 bits per heavy atom. The van der Waals surface area contributed by atoms with Gasteiger partial charge in [-0.3, -0.25) is 0 Å². The molecule has 0 saturated heterocycles. The van der Waals surface area contributed by atoms with Gasteiger partial charge in [0.1, 0.15) is 0 Å². The van der Waals surface area contributed by atoms with Crippen LogP contribution in [-0.4, -0.2) is 21.1 Å². The van der Waals surface area contributed by atoms with Gasteiger partial charge in [0.25, 0.3) is 0 Å². The van der Waals surface area contributed by atoms with Crippen molar-refractivity contribution in [2.45, 2.75) is 19.9 Å². The summed E-state index contributed by atoms with van der Waals surface area (Å²) < 4.78 is 2.11.